The molecule has 1 aromatic carbocycles. The highest BCUT2D eigenvalue weighted by molar-refractivity contribution is 5.91. The summed E-state index contributed by atoms with van der Waals surface area (Å²) >= 11 is 0. The molecule has 1 amide bonds. The van der Waals surface area contributed by atoms with Crippen molar-refractivity contribution in [2.24, 2.45) is 0 Å². The molecular weight excluding hydrogens is 303 g/mol. The molecule has 0 radical (unpaired) electrons. The molecule has 1 rings (SSSR count). The predicted octanol–water partition coefficient (Wildman–Crippen LogP) is 5.15. The van der Waals surface area contributed by atoms with E-state index in [1.165, 1.54) is 18.2 Å². The van der Waals surface area contributed by atoms with Crippen LogP contribution < -0.4 is 0 Å². The molecule has 0 aliphatic heterocycles. The zero-order valence-electron chi connectivity index (χ0n) is 13.7. The van der Waals surface area contributed by atoms with E-state index in [0.29, 0.717) is 18.7 Å². The molecule has 0 aromatic heterocycles. The number of nitrogens with zero attached hydrogens (tertiary/aromatic N) is 1. The van der Waals surface area contributed by atoms with E-state index >= 15 is 0 Å². The zero-order valence-corrected chi connectivity index (χ0v) is 13.7. The van der Waals surface area contributed by atoms with E-state index in [1.807, 2.05) is 0 Å². The van der Waals surface area contributed by atoms with E-state index in [2.05, 4.69) is 13.8 Å². The van der Waals surface area contributed by atoms with Gasteiger partial charge in [-0.15, -0.1) is 0 Å². The van der Waals surface area contributed by atoms with Gasteiger partial charge in [-0.1, -0.05) is 38.8 Å². The Labute approximate surface area is 136 Å². The van der Waals surface area contributed by atoms with Crippen LogP contribution in [0.1, 0.15) is 50.7 Å². The summed E-state index contributed by atoms with van der Waals surface area (Å²) in [5.74, 6) is -0.149. The number of amides is 1. The van der Waals surface area contributed by atoms with Crippen molar-refractivity contribution in [3.63, 3.8) is 0 Å². The van der Waals surface area contributed by atoms with Crippen LogP contribution >= 0.6 is 0 Å². The van der Waals surface area contributed by atoms with Gasteiger partial charge in [-0.3, -0.25) is 4.79 Å². The Bertz CT molecular complexity index is 515. The van der Waals surface area contributed by atoms with Gasteiger partial charge in [-0.05, 0) is 36.6 Å². The number of alkyl halides is 3. The third-order valence-electron chi connectivity index (χ3n) is 3.51. The Morgan fingerprint density at radius 1 is 1.13 bits per heavy atom. The summed E-state index contributed by atoms with van der Waals surface area (Å²) in [4.78, 5) is 14.0. The van der Waals surface area contributed by atoms with Crippen LogP contribution in [0.3, 0.4) is 0 Å². The first-order chi connectivity index (χ1) is 10.9. The van der Waals surface area contributed by atoms with Gasteiger partial charge in [0.25, 0.3) is 0 Å². The van der Waals surface area contributed by atoms with E-state index < -0.39 is 11.7 Å². The van der Waals surface area contributed by atoms with Crippen molar-refractivity contribution in [1.29, 1.82) is 0 Å². The van der Waals surface area contributed by atoms with Gasteiger partial charge in [0.05, 0.1) is 5.56 Å². The van der Waals surface area contributed by atoms with E-state index in [-0.39, 0.29) is 5.91 Å². The highest BCUT2D eigenvalue weighted by atomic mass is 19.4. The van der Waals surface area contributed by atoms with Crippen LogP contribution in [0.5, 0.6) is 0 Å². The normalized spacial score (nSPS) is 11.9. The molecular formula is C18H24F3NO. The minimum Gasteiger partial charge on any atom is -0.339 e. The topological polar surface area (TPSA) is 20.3 Å². The number of unbranched alkanes of at least 4 members (excludes halogenated alkanes) is 2. The molecule has 0 saturated heterocycles. The minimum absolute atomic E-state index is 0.149. The summed E-state index contributed by atoms with van der Waals surface area (Å²) in [5, 5.41) is 0. The van der Waals surface area contributed by atoms with Crippen molar-refractivity contribution in [2.45, 2.75) is 45.7 Å². The van der Waals surface area contributed by atoms with E-state index in [9.17, 15) is 18.0 Å². The van der Waals surface area contributed by atoms with E-state index in [0.717, 1.165) is 37.8 Å². The molecule has 0 aliphatic carbocycles. The number of rotatable bonds is 8. The van der Waals surface area contributed by atoms with Gasteiger partial charge >= 0.3 is 6.18 Å². The molecule has 1 aromatic rings. The lowest BCUT2D eigenvalue weighted by atomic mass is 10.1. The Hall–Kier alpha value is -1.78. The largest absolute Gasteiger partial charge is 0.416 e. The van der Waals surface area contributed by atoms with Crippen LogP contribution in [0.15, 0.2) is 30.3 Å². The van der Waals surface area contributed by atoms with Crippen LogP contribution in [-0.4, -0.2) is 23.9 Å². The number of hydrogen-bond acceptors (Lipinski definition) is 1. The molecule has 23 heavy (non-hydrogen) atoms. The Morgan fingerprint density at radius 2 is 1.74 bits per heavy atom. The summed E-state index contributed by atoms with van der Waals surface area (Å²) in [6, 6.07) is 4.97. The molecule has 0 spiro atoms. The molecule has 128 valence electrons. The van der Waals surface area contributed by atoms with Crippen LogP contribution in [0, 0.1) is 0 Å². The lowest BCUT2D eigenvalue weighted by Gasteiger charge is -2.20. The minimum atomic E-state index is -4.37. The van der Waals surface area contributed by atoms with Crippen molar-refractivity contribution >= 4 is 12.0 Å². The molecule has 0 aliphatic rings. The lowest BCUT2D eigenvalue weighted by molar-refractivity contribution is -0.137. The average molecular weight is 327 g/mol. The maximum Gasteiger partial charge on any atom is 0.416 e. The second-order valence-electron chi connectivity index (χ2n) is 5.49. The van der Waals surface area contributed by atoms with Crippen molar-refractivity contribution in [3.05, 3.63) is 41.5 Å². The van der Waals surface area contributed by atoms with Crippen molar-refractivity contribution in [1.82, 2.24) is 4.90 Å². The smallest absolute Gasteiger partial charge is 0.339 e. The van der Waals surface area contributed by atoms with Crippen LogP contribution in [0.25, 0.3) is 6.08 Å². The molecule has 0 fully saturated rings. The number of hydrogen-bond donors (Lipinski definition) is 0. The third kappa shape index (κ3) is 6.89. The zero-order chi connectivity index (χ0) is 17.3. The van der Waals surface area contributed by atoms with Gasteiger partial charge in [-0.2, -0.15) is 13.2 Å². The van der Waals surface area contributed by atoms with Gasteiger partial charge in [0.15, 0.2) is 0 Å². The van der Waals surface area contributed by atoms with Gasteiger partial charge in [-0.25, -0.2) is 0 Å². The number of carbonyl (C=O) groups is 1. The Morgan fingerprint density at radius 3 is 2.26 bits per heavy atom. The fourth-order valence-electron chi connectivity index (χ4n) is 2.12. The number of halogens is 3. The Balaban J connectivity index is 2.78. The lowest BCUT2D eigenvalue weighted by Crippen LogP contribution is -2.31. The van der Waals surface area contributed by atoms with E-state index in [4.69, 9.17) is 0 Å². The monoisotopic (exact) mass is 327 g/mol. The highest BCUT2D eigenvalue weighted by Gasteiger charge is 2.30. The molecule has 2 nitrogen and oxygen atoms in total. The van der Waals surface area contributed by atoms with Gasteiger partial charge in [0, 0.05) is 19.2 Å². The summed E-state index contributed by atoms with van der Waals surface area (Å²) in [6.45, 7) is 5.48. The molecule has 0 bridgehead atoms. The quantitative estimate of drug-likeness (QED) is 0.605. The fraction of sp³-hybridized carbons (Fsp3) is 0.500. The second-order valence-corrected chi connectivity index (χ2v) is 5.49. The molecule has 0 unspecified atom stereocenters. The molecule has 5 heteroatoms. The first-order valence-corrected chi connectivity index (χ1v) is 8.02. The number of carbonyl (C=O) groups excluding carboxylic acids is 1. The first-order valence-electron chi connectivity index (χ1n) is 8.02. The fourth-order valence-corrected chi connectivity index (χ4v) is 2.12. The summed E-state index contributed by atoms with van der Waals surface area (Å²) in [5.41, 5.74) is -0.333. The van der Waals surface area contributed by atoms with E-state index in [1.54, 1.807) is 11.0 Å². The van der Waals surface area contributed by atoms with Crippen LogP contribution in [0.4, 0.5) is 13.2 Å². The van der Waals surface area contributed by atoms with Crippen LogP contribution in [0.2, 0.25) is 0 Å². The average Bonchev–Trinajstić information content (AvgIpc) is 2.52. The van der Waals surface area contributed by atoms with Crippen molar-refractivity contribution in [2.75, 3.05) is 13.1 Å². The van der Waals surface area contributed by atoms with Gasteiger partial charge in [0.2, 0.25) is 5.91 Å². The third-order valence-corrected chi connectivity index (χ3v) is 3.51. The highest BCUT2D eigenvalue weighted by Crippen LogP contribution is 2.29. The van der Waals surface area contributed by atoms with Crippen LogP contribution in [-0.2, 0) is 11.0 Å². The molecule has 0 saturated carbocycles. The molecule has 0 heterocycles. The molecule has 0 atom stereocenters. The second kappa shape index (κ2) is 9.38. The summed E-state index contributed by atoms with van der Waals surface area (Å²) in [7, 11) is 0. The maximum atomic E-state index is 12.7. The standard InChI is InChI=1S/C18H24F3NO/c1-3-5-12-22(13-6-4-2)17(23)11-10-15-8-7-9-16(14-15)18(19,20)21/h7-11,14H,3-6,12-13H2,1-2H3/b11-10+. The summed E-state index contributed by atoms with van der Waals surface area (Å²) < 4.78 is 38.0. The SMILES string of the molecule is CCCCN(CCCC)C(=O)/C=C/c1cccc(C(F)(F)F)c1. The van der Waals surface area contributed by atoms with Crippen molar-refractivity contribution in [3.8, 4) is 0 Å². The van der Waals surface area contributed by atoms with Gasteiger partial charge < -0.3 is 4.90 Å². The summed E-state index contributed by atoms with van der Waals surface area (Å²) in [6.07, 6.45) is 2.27. The van der Waals surface area contributed by atoms with Crippen molar-refractivity contribution < 1.29 is 18.0 Å². The predicted molar refractivity (Wildman–Crippen MR) is 86.9 cm³/mol. The van der Waals surface area contributed by atoms with Gasteiger partial charge in [0.1, 0.15) is 0 Å². The first kappa shape index (κ1) is 19.3. The number of benzene rings is 1. The maximum absolute atomic E-state index is 12.7. The molecule has 0 N–H and O–H groups in total. The Kier molecular flexibility index (Phi) is 7.86.